The molecule has 5 aromatic rings. The normalized spacial score (nSPS) is 11.0. The molecule has 0 spiro atoms. The summed E-state index contributed by atoms with van der Waals surface area (Å²) < 4.78 is 15.2. The van der Waals surface area contributed by atoms with Gasteiger partial charge in [0.05, 0.1) is 5.52 Å². The number of fused-ring (bicyclic) bond motifs is 1. The van der Waals surface area contributed by atoms with Gasteiger partial charge in [0.1, 0.15) is 17.2 Å². The van der Waals surface area contributed by atoms with Crippen molar-refractivity contribution in [2.75, 3.05) is 0 Å². The minimum atomic E-state index is -0.312. The zero-order valence-electron chi connectivity index (χ0n) is 16.8. The Labute approximate surface area is 178 Å². The first-order chi connectivity index (χ1) is 15.1. The third-order valence-electron chi connectivity index (χ3n) is 5.37. The van der Waals surface area contributed by atoms with E-state index in [1.165, 1.54) is 12.1 Å². The molecule has 0 aliphatic rings. The number of rotatable bonds is 4. The number of aromatic nitrogens is 3. The van der Waals surface area contributed by atoms with E-state index in [2.05, 4.69) is 4.98 Å². The second-order valence-corrected chi connectivity index (χ2v) is 7.32. The van der Waals surface area contributed by atoms with Crippen LogP contribution in [0, 0.1) is 12.7 Å². The van der Waals surface area contributed by atoms with Crippen LogP contribution in [0.1, 0.15) is 21.6 Å². The van der Waals surface area contributed by atoms with E-state index in [1.54, 1.807) is 35.1 Å². The van der Waals surface area contributed by atoms with Gasteiger partial charge in [-0.2, -0.15) is 5.10 Å². The maximum absolute atomic E-state index is 13.5. The zero-order valence-corrected chi connectivity index (χ0v) is 16.8. The minimum Gasteiger partial charge on any atom is -0.287 e. The molecule has 0 aliphatic heterocycles. The summed E-state index contributed by atoms with van der Waals surface area (Å²) in [5.41, 5.74) is 6.05. The highest BCUT2D eigenvalue weighted by atomic mass is 19.1. The third kappa shape index (κ3) is 3.30. The molecule has 0 N–H and O–H groups in total. The first-order valence-corrected chi connectivity index (χ1v) is 9.92. The Hall–Kier alpha value is -4.12. The summed E-state index contributed by atoms with van der Waals surface area (Å²) >= 11 is 0. The average molecular weight is 407 g/mol. The van der Waals surface area contributed by atoms with Crippen LogP contribution in [0.3, 0.4) is 0 Å². The van der Waals surface area contributed by atoms with Crippen molar-refractivity contribution in [3.63, 3.8) is 0 Å². The molecule has 0 unspecified atom stereocenters. The van der Waals surface area contributed by atoms with E-state index in [1.807, 2.05) is 55.5 Å². The number of carbonyl (C=O) groups is 1. The number of hydrogen-bond acceptors (Lipinski definition) is 3. The molecular formula is C26H18FN3O. The van der Waals surface area contributed by atoms with E-state index in [0.717, 1.165) is 27.8 Å². The van der Waals surface area contributed by atoms with Crippen LogP contribution in [0.2, 0.25) is 0 Å². The molecule has 0 radical (unpaired) electrons. The number of hydrogen-bond donors (Lipinski definition) is 0. The van der Waals surface area contributed by atoms with Gasteiger partial charge in [-0.3, -0.25) is 9.78 Å². The number of benzene rings is 2. The van der Waals surface area contributed by atoms with Crippen molar-refractivity contribution in [2.24, 2.45) is 0 Å². The monoisotopic (exact) mass is 407 g/mol. The van der Waals surface area contributed by atoms with Crippen LogP contribution in [0.25, 0.3) is 27.9 Å². The molecule has 0 aliphatic carbocycles. The Balaban J connectivity index is 1.79. The number of halogens is 1. The Kier molecular flexibility index (Phi) is 4.64. The lowest BCUT2D eigenvalue weighted by Crippen LogP contribution is -2.10. The smallest absolute Gasteiger partial charge is 0.211 e. The number of aryl methyl sites for hydroxylation is 1. The molecule has 5 rings (SSSR count). The molecule has 3 heterocycles. The molecule has 0 saturated heterocycles. The Bertz CT molecular complexity index is 1410. The Morgan fingerprint density at radius 1 is 0.839 bits per heavy atom. The topological polar surface area (TPSA) is 47.3 Å². The first-order valence-electron chi connectivity index (χ1n) is 9.92. The van der Waals surface area contributed by atoms with E-state index in [0.29, 0.717) is 17.0 Å². The van der Waals surface area contributed by atoms with Gasteiger partial charge in [-0.1, -0.05) is 30.3 Å². The van der Waals surface area contributed by atoms with Gasteiger partial charge >= 0.3 is 0 Å². The van der Waals surface area contributed by atoms with Crippen LogP contribution in [0.15, 0.2) is 91.3 Å². The van der Waals surface area contributed by atoms with Crippen molar-refractivity contribution in [3.8, 4) is 22.4 Å². The highest BCUT2D eigenvalue weighted by Crippen LogP contribution is 2.35. The van der Waals surface area contributed by atoms with Crippen molar-refractivity contribution in [1.82, 2.24) is 14.6 Å². The number of carbonyl (C=O) groups excluding carboxylic acids is 1. The maximum Gasteiger partial charge on any atom is 0.211 e. The van der Waals surface area contributed by atoms with E-state index >= 15 is 0 Å². The predicted molar refractivity (Wildman–Crippen MR) is 118 cm³/mol. The van der Waals surface area contributed by atoms with Gasteiger partial charge in [0.2, 0.25) is 5.78 Å². The second kappa shape index (κ2) is 7.61. The summed E-state index contributed by atoms with van der Waals surface area (Å²) in [5.74, 6) is -0.411. The molecule has 0 atom stereocenters. The third-order valence-corrected chi connectivity index (χ3v) is 5.37. The van der Waals surface area contributed by atoms with Crippen molar-refractivity contribution in [1.29, 1.82) is 0 Å². The fraction of sp³-hybridized carbons (Fsp3) is 0.0385. The van der Waals surface area contributed by atoms with Crippen LogP contribution in [0.5, 0.6) is 0 Å². The summed E-state index contributed by atoms with van der Waals surface area (Å²) in [6.45, 7) is 1.92. The molecule has 0 bridgehead atoms. The first kappa shape index (κ1) is 18.9. The maximum atomic E-state index is 13.5. The van der Waals surface area contributed by atoms with Gasteiger partial charge in [-0.25, -0.2) is 8.91 Å². The molecule has 0 saturated carbocycles. The van der Waals surface area contributed by atoms with Crippen LogP contribution >= 0.6 is 0 Å². The molecule has 5 heteroatoms. The van der Waals surface area contributed by atoms with E-state index in [-0.39, 0.29) is 11.6 Å². The van der Waals surface area contributed by atoms with Gasteiger partial charge in [0, 0.05) is 29.1 Å². The molecule has 0 amide bonds. The fourth-order valence-electron chi connectivity index (χ4n) is 3.82. The van der Waals surface area contributed by atoms with Crippen molar-refractivity contribution >= 4 is 11.3 Å². The Morgan fingerprint density at radius 2 is 1.58 bits per heavy atom. The van der Waals surface area contributed by atoms with E-state index in [4.69, 9.17) is 5.10 Å². The van der Waals surface area contributed by atoms with E-state index in [9.17, 15) is 9.18 Å². The van der Waals surface area contributed by atoms with Crippen LogP contribution in [-0.2, 0) is 0 Å². The summed E-state index contributed by atoms with van der Waals surface area (Å²) in [4.78, 5) is 17.5. The summed E-state index contributed by atoms with van der Waals surface area (Å²) in [6.07, 6.45) is 3.44. The molecule has 31 heavy (non-hydrogen) atoms. The number of pyridine rings is 2. The largest absolute Gasteiger partial charge is 0.287 e. The van der Waals surface area contributed by atoms with Crippen LogP contribution in [0.4, 0.5) is 4.39 Å². The summed E-state index contributed by atoms with van der Waals surface area (Å²) in [5, 5.41) is 4.82. The van der Waals surface area contributed by atoms with Gasteiger partial charge in [-0.15, -0.1) is 0 Å². The molecule has 2 aromatic carbocycles. The standard InChI is InChI=1S/C26H18FN3O/c1-17-5-2-3-6-21(17)26(31)23-8-4-7-22-24(18-13-15-28-16-14-18)25(29-30(22)23)19-9-11-20(27)12-10-19/h2-16H,1H3. The van der Waals surface area contributed by atoms with Gasteiger partial charge < -0.3 is 0 Å². The average Bonchev–Trinajstić information content (AvgIpc) is 3.20. The zero-order chi connectivity index (χ0) is 21.4. The predicted octanol–water partition coefficient (Wildman–Crippen LogP) is 5.74. The van der Waals surface area contributed by atoms with Crippen LogP contribution < -0.4 is 0 Å². The van der Waals surface area contributed by atoms with Crippen molar-refractivity contribution < 1.29 is 9.18 Å². The van der Waals surface area contributed by atoms with Crippen molar-refractivity contribution in [2.45, 2.75) is 6.92 Å². The van der Waals surface area contributed by atoms with E-state index < -0.39 is 0 Å². The minimum absolute atomic E-state index is 0.0989. The van der Waals surface area contributed by atoms with Gasteiger partial charge in [0.15, 0.2) is 0 Å². The number of nitrogens with zero attached hydrogens (tertiary/aromatic N) is 3. The van der Waals surface area contributed by atoms with Crippen LogP contribution in [-0.4, -0.2) is 20.4 Å². The lowest BCUT2D eigenvalue weighted by atomic mass is 10.00. The van der Waals surface area contributed by atoms with Gasteiger partial charge in [-0.05, 0) is 66.6 Å². The molecule has 4 nitrogen and oxygen atoms in total. The lowest BCUT2D eigenvalue weighted by Gasteiger charge is -2.07. The fourth-order valence-corrected chi connectivity index (χ4v) is 3.82. The highest BCUT2D eigenvalue weighted by molar-refractivity contribution is 6.09. The van der Waals surface area contributed by atoms with Crippen molar-refractivity contribution in [3.05, 3.63) is 114 Å². The Morgan fingerprint density at radius 3 is 2.32 bits per heavy atom. The lowest BCUT2D eigenvalue weighted by molar-refractivity contribution is 0.103. The second-order valence-electron chi connectivity index (χ2n) is 7.32. The SMILES string of the molecule is Cc1ccccc1C(=O)c1cccc2c(-c3ccncc3)c(-c3ccc(F)cc3)nn12. The molecular weight excluding hydrogens is 389 g/mol. The summed E-state index contributed by atoms with van der Waals surface area (Å²) in [7, 11) is 0. The van der Waals surface area contributed by atoms with Gasteiger partial charge in [0.25, 0.3) is 0 Å². The quantitative estimate of drug-likeness (QED) is 0.357. The molecule has 150 valence electrons. The molecule has 0 fully saturated rings. The summed E-state index contributed by atoms with van der Waals surface area (Å²) in [6, 6.07) is 23.1. The molecule has 3 aromatic heterocycles. The number of ketones is 1. The highest BCUT2D eigenvalue weighted by Gasteiger charge is 2.21.